The Morgan fingerprint density at radius 3 is 2.88 bits per heavy atom. The zero-order chi connectivity index (χ0) is 18.5. The van der Waals surface area contributed by atoms with E-state index in [1.807, 2.05) is 16.8 Å². The molecular formula is C17H13ClF2N2O3S. The molecule has 9 heteroatoms. The highest BCUT2D eigenvalue weighted by molar-refractivity contribution is 7.08. The Hall–Kier alpha value is -2.45. The van der Waals surface area contributed by atoms with E-state index in [9.17, 15) is 8.78 Å². The Morgan fingerprint density at radius 2 is 2.19 bits per heavy atom. The van der Waals surface area contributed by atoms with Crippen LogP contribution in [0, 0.1) is 0 Å². The first-order valence-corrected chi connectivity index (χ1v) is 8.84. The highest BCUT2D eigenvalue weighted by Crippen LogP contribution is 2.32. The van der Waals surface area contributed by atoms with E-state index in [-0.39, 0.29) is 22.4 Å². The van der Waals surface area contributed by atoms with Crippen molar-refractivity contribution >= 4 is 34.0 Å². The number of rotatable bonds is 7. The van der Waals surface area contributed by atoms with E-state index in [4.69, 9.17) is 20.9 Å². The second-order valence-electron chi connectivity index (χ2n) is 4.95. The summed E-state index contributed by atoms with van der Waals surface area (Å²) in [4.78, 5) is 4.24. The van der Waals surface area contributed by atoms with Gasteiger partial charge in [-0.2, -0.15) is 25.1 Å². The van der Waals surface area contributed by atoms with E-state index in [1.165, 1.54) is 17.4 Å². The molecule has 0 radical (unpaired) electrons. The van der Waals surface area contributed by atoms with Crippen molar-refractivity contribution in [3.63, 3.8) is 0 Å². The average molecular weight is 399 g/mol. The van der Waals surface area contributed by atoms with Gasteiger partial charge >= 0.3 is 6.61 Å². The van der Waals surface area contributed by atoms with Crippen LogP contribution in [-0.2, 0) is 0 Å². The Bertz CT molecular complexity index is 897. The van der Waals surface area contributed by atoms with Gasteiger partial charge in [-0.05, 0) is 42.1 Å². The molecule has 0 aliphatic carbocycles. The van der Waals surface area contributed by atoms with Crippen molar-refractivity contribution in [1.82, 2.24) is 10.1 Å². The lowest BCUT2D eigenvalue weighted by molar-refractivity contribution is -0.0514. The molecule has 0 aliphatic heterocycles. The number of nitrogens with zero attached hydrogens (tertiary/aromatic N) is 2. The second-order valence-corrected chi connectivity index (χ2v) is 6.13. The summed E-state index contributed by atoms with van der Waals surface area (Å²) in [6, 6.07) is 6.36. The van der Waals surface area contributed by atoms with Crippen LogP contribution >= 0.6 is 22.9 Å². The van der Waals surface area contributed by atoms with Gasteiger partial charge in [-0.1, -0.05) is 22.8 Å². The number of hydrogen-bond acceptors (Lipinski definition) is 6. The molecule has 0 amide bonds. The molecule has 0 fully saturated rings. The van der Waals surface area contributed by atoms with Crippen LogP contribution in [-0.4, -0.2) is 23.4 Å². The summed E-state index contributed by atoms with van der Waals surface area (Å²) in [6.07, 6.45) is 1.57. The Balaban J connectivity index is 1.85. The van der Waals surface area contributed by atoms with Crippen LogP contribution in [0.1, 0.15) is 18.4 Å². The molecule has 0 saturated carbocycles. The number of aromatic nitrogens is 2. The molecule has 1 aromatic carbocycles. The normalized spacial score (nSPS) is 11.8. The molecular weight excluding hydrogens is 386 g/mol. The summed E-state index contributed by atoms with van der Waals surface area (Å²) in [7, 11) is 0. The SMILES string of the molecule is CCOc1cc(/C=C(\Cl)c2nc(-c3ccsc3)no2)ccc1OC(F)F. The molecule has 5 nitrogen and oxygen atoms in total. The number of halogens is 3. The van der Waals surface area contributed by atoms with Crippen LogP contribution in [0.2, 0.25) is 0 Å². The molecule has 26 heavy (non-hydrogen) atoms. The molecule has 3 aromatic rings. The average Bonchev–Trinajstić information content (AvgIpc) is 3.28. The molecule has 0 bridgehead atoms. The maximum atomic E-state index is 12.5. The molecule has 2 aromatic heterocycles. The second kappa shape index (κ2) is 8.29. The third-order valence-electron chi connectivity index (χ3n) is 3.19. The fourth-order valence-corrected chi connectivity index (χ4v) is 2.95. The van der Waals surface area contributed by atoms with E-state index >= 15 is 0 Å². The van der Waals surface area contributed by atoms with E-state index in [0.29, 0.717) is 18.0 Å². The zero-order valence-corrected chi connectivity index (χ0v) is 15.1. The molecule has 3 rings (SSSR count). The van der Waals surface area contributed by atoms with Gasteiger partial charge in [-0.25, -0.2) is 0 Å². The molecule has 0 atom stereocenters. The van der Waals surface area contributed by atoms with Crippen molar-refractivity contribution in [2.45, 2.75) is 13.5 Å². The van der Waals surface area contributed by atoms with Crippen molar-refractivity contribution in [2.75, 3.05) is 6.61 Å². The molecule has 2 heterocycles. The van der Waals surface area contributed by atoms with Gasteiger partial charge in [0.15, 0.2) is 11.5 Å². The van der Waals surface area contributed by atoms with E-state index in [1.54, 1.807) is 25.1 Å². The summed E-state index contributed by atoms with van der Waals surface area (Å²) in [5.74, 6) is 0.727. The summed E-state index contributed by atoms with van der Waals surface area (Å²) in [6.45, 7) is -0.895. The van der Waals surface area contributed by atoms with Gasteiger partial charge in [0, 0.05) is 10.9 Å². The van der Waals surface area contributed by atoms with Crippen LogP contribution < -0.4 is 9.47 Å². The zero-order valence-electron chi connectivity index (χ0n) is 13.5. The van der Waals surface area contributed by atoms with Gasteiger partial charge in [0.05, 0.1) is 6.61 Å². The number of ether oxygens (including phenoxy) is 2. The first-order chi connectivity index (χ1) is 12.6. The summed E-state index contributed by atoms with van der Waals surface area (Å²) < 4.78 is 39.8. The molecule has 0 N–H and O–H groups in total. The smallest absolute Gasteiger partial charge is 0.387 e. The highest BCUT2D eigenvalue weighted by Gasteiger charge is 2.14. The molecule has 0 unspecified atom stereocenters. The van der Waals surface area contributed by atoms with Crippen LogP contribution in [0.25, 0.3) is 22.5 Å². The third-order valence-corrected chi connectivity index (χ3v) is 4.14. The molecule has 0 spiro atoms. The van der Waals surface area contributed by atoms with Crippen molar-refractivity contribution < 1.29 is 22.8 Å². The number of hydrogen-bond donors (Lipinski definition) is 0. The Morgan fingerprint density at radius 1 is 1.35 bits per heavy atom. The summed E-state index contributed by atoms with van der Waals surface area (Å²) in [5.41, 5.74) is 1.44. The van der Waals surface area contributed by atoms with E-state index < -0.39 is 6.61 Å². The first kappa shape index (κ1) is 18.3. The minimum absolute atomic E-state index is 0.0485. The predicted molar refractivity (Wildman–Crippen MR) is 95.6 cm³/mol. The van der Waals surface area contributed by atoms with Gasteiger partial charge in [-0.3, -0.25) is 0 Å². The monoisotopic (exact) mass is 398 g/mol. The largest absolute Gasteiger partial charge is 0.490 e. The van der Waals surface area contributed by atoms with Gasteiger partial charge < -0.3 is 14.0 Å². The minimum atomic E-state index is -2.94. The number of thiophene rings is 1. The highest BCUT2D eigenvalue weighted by atomic mass is 35.5. The fourth-order valence-electron chi connectivity index (χ4n) is 2.11. The van der Waals surface area contributed by atoms with Gasteiger partial charge in [0.1, 0.15) is 5.03 Å². The van der Waals surface area contributed by atoms with Gasteiger partial charge in [0.2, 0.25) is 5.82 Å². The van der Waals surface area contributed by atoms with Crippen LogP contribution in [0.15, 0.2) is 39.5 Å². The topological polar surface area (TPSA) is 57.4 Å². The minimum Gasteiger partial charge on any atom is -0.490 e. The first-order valence-electron chi connectivity index (χ1n) is 7.52. The summed E-state index contributed by atoms with van der Waals surface area (Å²) >= 11 is 7.76. The van der Waals surface area contributed by atoms with E-state index in [2.05, 4.69) is 14.9 Å². The van der Waals surface area contributed by atoms with Crippen molar-refractivity contribution in [3.8, 4) is 22.9 Å². The standard InChI is InChI=1S/C17H13ClF2N2O3S/c1-2-23-14-8-10(3-4-13(14)24-17(19)20)7-12(18)16-21-15(22-25-16)11-5-6-26-9-11/h3-9,17H,2H2,1H3/b12-7-. The maximum Gasteiger partial charge on any atom is 0.387 e. The van der Waals surface area contributed by atoms with Crippen LogP contribution in [0.5, 0.6) is 11.5 Å². The lowest BCUT2D eigenvalue weighted by atomic mass is 10.2. The van der Waals surface area contributed by atoms with Crippen molar-refractivity contribution in [1.29, 1.82) is 0 Å². The predicted octanol–water partition coefficient (Wildman–Crippen LogP) is 5.54. The molecule has 0 aliphatic rings. The van der Waals surface area contributed by atoms with Crippen molar-refractivity contribution in [2.24, 2.45) is 0 Å². The third kappa shape index (κ3) is 4.39. The van der Waals surface area contributed by atoms with Crippen LogP contribution in [0.4, 0.5) is 8.78 Å². The van der Waals surface area contributed by atoms with Crippen LogP contribution in [0.3, 0.4) is 0 Å². The summed E-state index contributed by atoms with van der Waals surface area (Å²) in [5, 5.41) is 7.89. The fraction of sp³-hybridized carbons (Fsp3) is 0.176. The Labute approximate surface area is 156 Å². The molecule has 136 valence electrons. The lowest BCUT2D eigenvalue weighted by Crippen LogP contribution is -2.04. The quantitative estimate of drug-likeness (QED) is 0.523. The maximum absolute atomic E-state index is 12.5. The lowest BCUT2D eigenvalue weighted by Gasteiger charge is -2.11. The molecule has 0 saturated heterocycles. The number of benzene rings is 1. The number of alkyl halides is 2. The van der Waals surface area contributed by atoms with E-state index in [0.717, 1.165) is 5.56 Å². The Kier molecular flexibility index (Phi) is 5.85. The van der Waals surface area contributed by atoms with Gasteiger partial charge in [-0.15, -0.1) is 0 Å². The van der Waals surface area contributed by atoms with Crippen molar-refractivity contribution in [3.05, 3.63) is 46.5 Å². The van der Waals surface area contributed by atoms with Gasteiger partial charge in [0.25, 0.3) is 5.89 Å².